The number of nitrogen functional groups attached to an aromatic ring is 1. The smallest absolute Gasteiger partial charge is 0.180 e. The van der Waals surface area contributed by atoms with Crippen molar-refractivity contribution in [1.82, 2.24) is 4.98 Å². The van der Waals surface area contributed by atoms with E-state index < -0.39 is 0 Å². The highest BCUT2D eigenvalue weighted by Gasteiger charge is 2.06. The van der Waals surface area contributed by atoms with Gasteiger partial charge in [-0.3, -0.25) is 4.79 Å². The largest absolute Gasteiger partial charge is 0.375 e. The van der Waals surface area contributed by atoms with Crippen LogP contribution in [0.15, 0.2) is 24.3 Å². The van der Waals surface area contributed by atoms with Gasteiger partial charge in [-0.1, -0.05) is 24.3 Å². The maximum absolute atomic E-state index is 11.1. The van der Waals surface area contributed by atoms with Crippen molar-refractivity contribution in [2.75, 3.05) is 5.73 Å². The lowest BCUT2D eigenvalue weighted by Gasteiger charge is -2.01. The van der Waals surface area contributed by atoms with Crippen molar-refractivity contribution in [1.29, 1.82) is 0 Å². The third kappa shape index (κ3) is 2.71. The summed E-state index contributed by atoms with van der Waals surface area (Å²) in [6.45, 7) is 3.54. The number of carbonyl (C=O) groups excluding carboxylic acids is 1. The highest BCUT2D eigenvalue weighted by atomic mass is 32.1. The molecule has 2 aromatic rings. The van der Waals surface area contributed by atoms with Gasteiger partial charge >= 0.3 is 0 Å². The molecule has 0 atom stereocenters. The molecule has 17 heavy (non-hydrogen) atoms. The minimum absolute atomic E-state index is 0.0924. The van der Waals surface area contributed by atoms with Crippen molar-refractivity contribution >= 4 is 22.3 Å². The average molecular weight is 246 g/mol. The summed E-state index contributed by atoms with van der Waals surface area (Å²) in [5.41, 5.74) is 8.56. The molecular weight excluding hydrogens is 232 g/mol. The van der Waals surface area contributed by atoms with E-state index in [1.54, 1.807) is 6.92 Å². The third-order valence-electron chi connectivity index (χ3n) is 2.63. The van der Waals surface area contributed by atoms with Crippen LogP contribution in [0.4, 0.5) is 5.13 Å². The van der Waals surface area contributed by atoms with Gasteiger partial charge in [-0.15, -0.1) is 11.3 Å². The Bertz CT molecular complexity index is 543. The van der Waals surface area contributed by atoms with Crippen LogP contribution in [0.3, 0.4) is 0 Å². The second-order valence-corrected chi connectivity index (χ2v) is 5.11. The van der Waals surface area contributed by atoms with Gasteiger partial charge < -0.3 is 5.73 Å². The molecule has 0 aliphatic heterocycles. The molecule has 1 aromatic carbocycles. The number of rotatable bonds is 3. The molecule has 0 aliphatic rings. The van der Waals surface area contributed by atoms with E-state index in [0.29, 0.717) is 5.13 Å². The number of nitrogens with two attached hydrogens (primary N) is 1. The molecule has 0 bridgehead atoms. The fourth-order valence-corrected chi connectivity index (χ4v) is 2.52. The summed E-state index contributed by atoms with van der Waals surface area (Å²) >= 11 is 1.52. The monoisotopic (exact) mass is 246 g/mol. The van der Waals surface area contributed by atoms with E-state index in [1.165, 1.54) is 21.8 Å². The first-order valence-electron chi connectivity index (χ1n) is 5.38. The Hall–Kier alpha value is -1.68. The quantitative estimate of drug-likeness (QED) is 0.847. The molecule has 0 fully saturated rings. The average Bonchev–Trinajstić information content (AvgIpc) is 2.58. The van der Waals surface area contributed by atoms with Gasteiger partial charge in [0.05, 0.1) is 5.69 Å². The number of nitrogens with zero attached hydrogens (tertiary/aromatic N) is 1. The number of aryl methyl sites for hydroxylation is 1. The summed E-state index contributed by atoms with van der Waals surface area (Å²) in [7, 11) is 0. The van der Waals surface area contributed by atoms with Crippen molar-refractivity contribution < 1.29 is 4.79 Å². The molecule has 0 saturated heterocycles. The number of ketones is 1. The van der Waals surface area contributed by atoms with Crippen LogP contribution in [-0.2, 0) is 6.42 Å². The standard InChI is InChI=1S/C13H14N2OS/c1-8-12(17-13(14)15-8)7-10-3-5-11(6-4-10)9(2)16/h3-6H,7H2,1-2H3,(H2,14,15). The van der Waals surface area contributed by atoms with Crippen LogP contribution in [0.2, 0.25) is 0 Å². The summed E-state index contributed by atoms with van der Waals surface area (Å²) in [5, 5.41) is 0.609. The van der Waals surface area contributed by atoms with Crippen molar-refractivity contribution in [2.24, 2.45) is 0 Å². The highest BCUT2D eigenvalue weighted by molar-refractivity contribution is 7.15. The van der Waals surface area contributed by atoms with Crippen LogP contribution >= 0.6 is 11.3 Å². The van der Waals surface area contributed by atoms with Gasteiger partial charge in [0.15, 0.2) is 10.9 Å². The van der Waals surface area contributed by atoms with Crippen molar-refractivity contribution in [3.63, 3.8) is 0 Å². The predicted molar refractivity (Wildman–Crippen MR) is 70.5 cm³/mol. The van der Waals surface area contributed by atoms with Crippen LogP contribution in [0.5, 0.6) is 0 Å². The zero-order chi connectivity index (χ0) is 12.4. The van der Waals surface area contributed by atoms with Crippen molar-refractivity contribution in [2.45, 2.75) is 20.3 Å². The molecule has 0 saturated carbocycles. The minimum atomic E-state index is 0.0924. The van der Waals surface area contributed by atoms with E-state index in [2.05, 4.69) is 4.98 Å². The number of anilines is 1. The fourth-order valence-electron chi connectivity index (χ4n) is 1.66. The summed E-state index contributed by atoms with van der Waals surface area (Å²) in [6.07, 6.45) is 0.818. The lowest BCUT2D eigenvalue weighted by molar-refractivity contribution is 0.101. The van der Waals surface area contributed by atoms with E-state index in [4.69, 9.17) is 5.73 Å². The Morgan fingerprint density at radius 2 is 2.00 bits per heavy atom. The number of benzene rings is 1. The number of thiazole rings is 1. The second-order valence-electron chi connectivity index (χ2n) is 3.99. The lowest BCUT2D eigenvalue weighted by Crippen LogP contribution is -1.93. The molecule has 1 aromatic heterocycles. The molecule has 0 radical (unpaired) electrons. The second kappa shape index (κ2) is 4.67. The third-order valence-corrected chi connectivity index (χ3v) is 3.62. The van der Waals surface area contributed by atoms with Gasteiger partial charge in [-0.25, -0.2) is 4.98 Å². The van der Waals surface area contributed by atoms with Gasteiger partial charge in [0.2, 0.25) is 0 Å². The molecule has 0 unspecified atom stereocenters. The number of Topliss-reactive ketones (excluding diaryl/α,β-unsaturated/α-hetero) is 1. The first kappa shape index (κ1) is 11.8. The van der Waals surface area contributed by atoms with Gasteiger partial charge in [-0.2, -0.15) is 0 Å². The zero-order valence-corrected chi connectivity index (χ0v) is 10.7. The molecule has 88 valence electrons. The topological polar surface area (TPSA) is 56.0 Å². The Morgan fingerprint density at radius 1 is 1.35 bits per heavy atom. The van der Waals surface area contributed by atoms with E-state index in [0.717, 1.165) is 17.7 Å². The van der Waals surface area contributed by atoms with Gasteiger partial charge in [0.1, 0.15) is 0 Å². The number of hydrogen-bond donors (Lipinski definition) is 1. The molecule has 1 heterocycles. The number of carbonyl (C=O) groups is 1. The first-order valence-corrected chi connectivity index (χ1v) is 6.19. The van der Waals surface area contributed by atoms with Gasteiger partial charge in [0, 0.05) is 16.9 Å². The van der Waals surface area contributed by atoms with E-state index in [-0.39, 0.29) is 5.78 Å². The zero-order valence-electron chi connectivity index (χ0n) is 9.86. The number of aromatic nitrogens is 1. The molecule has 2 N–H and O–H groups in total. The van der Waals surface area contributed by atoms with Crippen LogP contribution < -0.4 is 5.73 Å². The molecule has 2 rings (SSSR count). The fraction of sp³-hybridized carbons (Fsp3) is 0.231. The summed E-state index contributed by atoms with van der Waals surface area (Å²) in [5.74, 6) is 0.0924. The van der Waals surface area contributed by atoms with Gasteiger partial charge in [0.25, 0.3) is 0 Å². The SMILES string of the molecule is CC(=O)c1ccc(Cc2sc(N)nc2C)cc1. The Labute approximate surface area is 104 Å². The molecule has 0 spiro atoms. The van der Waals surface area contributed by atoms with Crippen LogP contribution in [0, 0.1) is 6.92 Å². The van der Waals surface area contributed by atoms with Crippen molar-refractivity contribution in [3.05, 3.63) is 46.0 Å². The molecule has 4 heteroatoms. The molecule has 0 aliphatic carbocycles. The predicted octanol–water partition coefficient (Wildman–Crippen LogP) is 2.83. The summed E-state index contributed by atoms with van der Waals surface area (Å²) < 4.78 is 0. The first-order chi connectivity index (χ1) is 8.06. The maximum atomic E-state index is 11.1. The molecule has 3 nitrogen and oxygen atoms in total. The van der Waals surface area contributed by atoms with E-state index in [9.17, 15) is 4.79 Å². The summed E-state index contributed by atoms with van der Waals surface area (Å²) in [4.78, 5) is 16.5. The van der Waals surface area contributed by atoms with Crippen LogP contribution in [0.1, 0.15) is 33.4 Å². The number of hydrogen-bond acceptors (Lipinski definition) is 4. The maximum Gasteiger partial charge on any atom is 0.180 e. The Morgan fingerprint density at radius 3 is 2.47 bits per heavy atom. The summed E-state index contributed by atoms with van der Waals surface area (Å²) in [6, 6.07) is 7.67. The van der Waals surface area contributed by atoms with E-state index in [1.807, 2.05) is 31.2 Å². The Balaban J connectivity index is 2.19. The van der Waals surface area contributed by atoms with Crippen LogP contribution in [-0.4, -0.2) is 10.8 Å². The Kier molecular flexibility index (Phi) is 3.24. The van der Waals surface area contributed by atoms with Crippen molar-refractivity contribution in [3.8, 4) is 0 Å². The molecular formula is C13H14N2OS. The minimum Gasteiger partial charge on any atom is -0.375 e. The highest BCUT2D eigenvalue weighted by Crippen LogP contribution is 2.23. The normalized spacial score (nSPS) is 10.5. The molecule has 0 amide bonds. The van der Waals surface area contributed by atoms with E-state index >= 15 is 0 Å². The van der Waals surface area contributed by atoms with Gasteiger partial charge in [-0.05, 0) is 19.4 Å². The lowest BCUT2D eigenvalue weighted by atomic mass is 10.1. The van der Waals surface area contributed by atoms with Crippen LogP contribution in [0.25, 0.3) is 0 Å².